The van der Waals surface area contributed by atoms with Crippen molar-refractivity contribution in [1.82, 2.24) is 0 Å². The van der Waals surface area contributed by atoms with E-state index in [9.17, 15) is 4.39 Å². The molecule has 0 aromatic heterocycles. The molecule has 0 aliphatic carbocycles. The number of halogens is 2. The molecular formula is C11H15BrFNO. The zero-order chi connectivity index (χ0) is 11.3. The van der Waals surface area contributed by atoms with Crippen molar-refractivity contribution < 1.29 is 9.13 Å². The fraction of sp³-hybridized carbons (Fsp3) is 0.455. The molecule has 0 spiro atoms. The Bertz CT molecular complexity index is 319. The van der Waals surface area contributed by atoms with Gasteiger partial charge >= 0.3 is 0 Å². The Hall–Kier alpha value is -0.450. The zero-order valence-corrected chi connectivity index (χ0v) is 10.3. The van der Waals surface area contributed by atoms with Crippen LogP contribution in [-0.4, -0.2) is 13.2 Å². The molecule has 0 amide bonds. The van der Waals surface area contributed by atoms with Crippen LogP contribution in [0.25, 0.3) is 0 Å². The lowest BCUT2D eigenvalue weighted by Crippen LogP contribution is -2.18. The van der Waals surface area contributed by atoms with Gasteiger partial charge in [-0.15, -0.1) is 0 Å². The summed E-state index contributed by atoms with van der Waals surface area (Å²) in [6.45, 7) is 3.03. The van der Waals surface area contributed by atoms with Crippen LogP contribution in [-0.2, 0) is 4.74 Å². The molecule has 0 saturated carbocycles. The van der Waals surface area contributed by atoms with E-state index in [4.69, 9.17) is 10.5 Å². The van der Waals surface area contributed by atoms with Gasteiger partial charge in [0, 0.05) is 16.6 Å². The van der Waals surface area contributed by atoms with Gasteiger partial charge in [-0.25, -0.2) is 4.39 Å². The van der Waals surface area contributed by atoms with E-state index in [-0.39, 0.29) is 5.82 Å². The molecule has 2 nitrogen and oxygen atoms in total. The predicted octanol–water partition coefficient (Wildman–Crippen LogP) is 3.01. The van der Waals surface area contributed by atoms with Gasteiger partial charge in [0.2, 0.25) is 0 Å². The summed E-state index contributed by atoms with van der Waals surface area (Å²) in [5.74, 6) is -0.294. The highest BCUT2D eigenvalue weighted by Crippen LogP contribution is 2.19. The summed E-state index contributed by atoms with van der Waals surface area (Å²) in [6, 6.07) is 4.47. The van der Waals surface area contributed by atoms with Crippen LogP contribution in [0.15, 0.2) is 22.7 Å². The van der Waals surface area contributed by atoms with Gasteiger partial charge in [-0.05, 0) is 18.6 Å². The van der Waals surface area contributed by atoms with Crippen molar-refractivity contribution >= 4 is 15.9 Å². The topological polar surface area (TPSA) is 35.2 Å². The van der Waals surface area contributed by atoms with E-state index in [1.54, 1.807) is 12.1 Å². The van der Waals surface area contributed by atoms with Gasteiger partial charge in [0.05, 0.1) is 12.6 Å². The molecule has 0 aliphatic rings. The Labute approximate surface area is 97.7 Å². The number of benzene rings is 1. The van der Waals surface area contributed by atoms with E-state index < -0.39 is 6.04 Å². The lowest BCUT2D eigenvalue weighted by Gasteiger charge is -2.13. The Morgan fingerprint density at radius 3 is 2.87 bits per heavy atom. The minimum absolute atomic E-state index is 0.294. The van der Waals surface area contributed by atoms with Gasteiger partial charge in [0.1, 0.15) is 5.82 Å². The molecule has 4 heteroatoms. The average molecular weight is 276 g/mol. The van der Waals surface area contributed by atoms with Crippen LogP contribution in [0.3, 0.4) is 0 Å². The minimum atomic E-state index is -0.398. The third-order valence-corrected chi connectivity index (χ3v) is 2.50. The highest BCUT2D eigenvalue weighted by Gasteiger charge is 2.11. The normalized spacial score (nSPS) is 12.8. The quantitative estimate of drug-likeness (QED) is 0.839. The Kier molecular flexibility index (Phi) is 5.22. The molecule has 1 rings (SSSR count). The molecule has 1 aromatic rings. The second kappa shape index (κ2) is 6.20. The summed E-state index contributed by atoms with van der Waals surface area (Å²) < 4.78 is 19.4. The Morgan fingerprint density at radius 2 is 2.27 bits per heavy atom. The lowest BCUT2D eigenvalue weighted by molar-refractivity contribution is 0.121. The minimum Gasteiger partial charge on any atom is -0.379 e. The second-order valence-electron chi connectivity index (χ2n) is 3.35. The first-order valence-corrected chi connectivity index (χ1v) is 5.72. The SMILES string of the molecule is CCCOCC(N)c1ccc(Br)cc1F. The van der Waals surface area contributed by atoms with E-state index in [0.717, 1.165) is 6.42 Å². The van der Waals surface area contributed by atoms with Gasteiger partial charge in [-0.1, -0.05) is 28.9 Å². The monoisotopic (exact) mass is 275 g/mol. The number of rotatable bonds is 5. The predicted molar refractivity (Wildman–Crippen MR) is 62.1 cm³/mol. The number of ether oxygens (including phenoxy) is 1. The number of hydrogen-bond donors (Lipinski definition) is 1. The second-order valence-corrected chi connectivity index (χ2v) is 4.26. The molecule has 0 heterocycles. The molecule has 1 atom stereocenters. The van der Waals surface area contributed by atoms with Crippen molar-refractivity contribution in [3.8, 4) is 0 Å². The van der Waals surface area contributed by atoms with Crippen LogP contribution >= 0.6 is 15.9 Å². The van der Waals surface area contributed by atoms with E-state index >= 15 is 0 Å². The summed E-state index contributed by atoms with van der Waals surface area (Å²) in [7, 11) is 0. The van der Waals surface area contributed by atoms with Crippen LogP contribution < -0.4 is 5.73 Å². The van der Waals surface area contributed by atoms with Gasteiger partial charge in [-0.2, -0.15) is 0 Å². The van der Waals surface area contributed by atoms with E-state index in [2.05, 4.69) is 15.9 Å². The number of nitrogens with two attached hydrogens (primary N) is 1. The van der Waals surface area contributed by atoms with Crippen molar-refractivity contribution in [1.29, 1.82) is 0 Å². The summed E-state index contributed by atoms with van der Waals surface area (Å²) in [5, 5.41) is 0. The average Bonchev–Trinajstić information content (AvgIpc) is 2.17. The molecule has 0 bridgehead atoms. The Morgan fingerprint density at radius 1 is 1.53 bits per heavy atom. The summed E-state index contributed by atoms with van der Waals surface area (Å²) in [4.78, 5) is 0. The first kappa shape index (κ1) is 12.6. The molecule has 0 fully saturated rings. The smallest absolute Gasteiger partial charge is 0.129 e. The first-order valence-electron chi connectivity index (χ1n) is 4.93. The largest absolute Gasteiger partial charge is 0.379 e. The number of hydrogen-bond acceptors (Lipinski definition) is 2. The van der Waals surface area contributed by atoms with Crippen LogP contribution in [0, 0.1) is 5.82 Å². The summed E-state index contributed by atoms with van der Waals surface area (Å²) in [6.07, 6.45) is 0.940. The first-order chi connectivity index (χ1) is 7.15. The van der Waals surface area contributed by atoms with Gasteiger partial charge < -0.3 is 10.5 Å². The molecule has 2 N–H and O–H groups in total. The van der Waals surface area contributed by atoms with Crippen molar-refractivity contribution in [3.63, 3.8) is 0 Å². The maximum atomic E-state index is 13.4. The molecule has 84 valence electrons. The van der Waals surface area contributed by atoms with Crippen LogP contribution in [0.2, 0.25) is 0 Å². The summed E-state index contributed by atoms with van der Waals surface area (Å²) >= 11 is 3.20. The molecule has 1 unspecified atom stereocenters. The highest BCUT2D eigenvalue weighted by molar-refractivity contribution is 9.10. The molecule has 1 aromatic carbocycles. The van der Waals surface area contributed by atoms with Crippen LogP contribution in [0.4, 0.5) is 4.39 Å². The Balaban J connectivity index is 2.61. The molecule has 0 aliphatic heterocycles. The van der Waals surface area contributed by atoms with Crippen molar-refractivity contribution in [2.24, 2.45) is 5.73 Å². The maximum Gasteiger partial charge on any atom is 0.129 e. The lowest BCUT2D eigenvalue weighted by atomic mass is 10.1. The van der Waals surface area contributed by atoms with Gasteiger partial charge in [0.15, 0.2) is 0 Å². The van der Waals surface area contributed by atoms with Gasteiger partial charge in [0.25, 0.3) is 0 Å². The molecule has 15 heavy (non-hydrogen) atoms. The highest BCUT2D eigenvalue weighted by atomic mass is 79.9. The maximum absolute atomic E-state index is 13.4. The molecule has 0 radical (unpaired) electrons. The fourth-order valence-electron chi connectivity index (χ4n) is 1.25. The van der Waals surface area contributed by atoms with E-state index in [1.807, 2.05) is 6.92 Å². The third kappa shape index (κ3) is 3.89. The van der Waals surface area contributed by atoms with Crippen LogP contribution in [0.1, 0.15) is 24.9 Å². The van der Waals surface area contributed by atoms with Gasteiger partial charge in [-0.3, -0.25) is 0 Å². The van der Waals surface area contributed by atoms with Crippen LogP contribution in [0.5, 0.6) is 0 Å². The van der Waals surface area contributed by atoms with E-state index in [1.165, 1.54) is 6.07 Å². The molecular weight excluding hydrogens is 261 g/mol. The molecule has 0 saturated heterocycles. The van der Waals surface area contributed by atoms with Crippen molar-refractivity contribution in [2.45, 2.75) is 19.4 Å². The van der Waals surface area contributed by atoms with Crippen molar-refractivity contribution in [2.75, 3.05) is 13.2 Å². The zero-order valence-electron chi connectivity index (χ0n) is 8.67. The van der Waals surface area contributed by atoms with Crippen molar-refractivity contribution in [3.05, 3.63) is 34.1 Å². The standard InChI is InChI=1S/C11H15BrFNO/c1-2-5-15-7-11(14)9-4-3-8(12)6-10(9)13/h3-4,6,11H,2,5,7,14H2,1H3. The van der Waals surface area contributed by atoms with E-state index in [0.29, 0.717) is 23.2 Å². The third-order valence-electron chi connectivity index (χ3n) is 2.01. The summed E-state index contributed by atoms with van der Waals surface area (Å²) in [5.41, 5.74) is 6.30. The fourth-order valence-corrected chi connectivity index (χ4v) is 1.58.